The van der Waals surface area contributed by atoms with Gasteiger partial charge in [-0.3, -0.25) is 18.7 Å². The zero-order chi connectivity index (χ0) is 39.1. The van der Waals surface area contributed by atoms with Crippen LogP contribution < -0.4 is 21.3 Å². The van der Waals surface area contributed by atoms with Gasteiger partial charge >= 0.3 is 6.03 Å². The molecule has 0 saturated heterocycles. The second kappa shape index (κ2) is 14.1. The summed E-state index contributed by atoms with van der Waals surface area (Å²) in [7, 11) is -9.16. The highest BCUT2D eigenvalue weighted by Crippen LogP contribution is 2.36. The van der Waals surface area contributed by atoms with Crippen LogP contribution in [0, 0.1) is 13.8 Å². The van der Waals surface area contributed by atoms with Gasteiger partial charge in [0.2, 0.25) is 0 Å². The molecule has 0 unspecified atom stereocenters. The summed E-state index contributed by atoms with van der Waals surface area (Å²) in [5.74, 6) is -2.03. The fraction of sp³-hybridized carbons (Fsp3) is 0.0541. The van der Waals surface area contributed by atoms with Gasteiger partial charge in [-0.2, -0.15) is 16.8 Å². The topological polar surface area (TPSA) is 249 Å². The van der Waals surface area contributed by atoms with Crippen molar-refractivity contribution >= 4 is 82.4 Å². The number of amides is 4. The third-order valence-electron chi connectivity index (χ3n) is 8.42. The summed E-state index contributed by atoms with van der Waals surface area (Å²) in [5.41, 5.74) is 2.68. The third kappa shape index (κ3) is 7.79. The van der Waals surface area contributed by atoms with E-state index in [0.717, 1.165) is 24.3 Å². The van der Waals surface area contributed by atoms with E-state index in [0.29, 0.717) is 22.5 Å². The lowest BCUT2D eigenvalue weighted by molar-refractivity contribution is 0.101. The number of urea groups is 1. The van der Waals surface area contributed by atoms with Gasteiger partial charge in [0.15, 0.2) is 0 Å². The van der Waals surface area contributed by atoms with E-state index in [4.69, 9.17) is 0 Å². The van der Waals surface area contributed by atoms with Crippen LogP contribution in [0.15, 0.2) is 107 Å². The Hall–Kier alpha value is -6.53. The molecule has 0 radical (unpaired) electrons. The number of aryl methyl sites for hydroxylation is 2. The lowest BCUT2D eigenvalue weighted by Crippen LogP contribution is -2.21. The zero-order valence-corrected chi connectivity index (χ0v) is 29.8. The Bertz CT molecular complexity index is 2600. The van der Waals surface area contributed by atoms with Crippen molar-refractivity contribution in [2.75, 3.05) is 21.3 Å². The summed E-state index contributed by atoms with van der Waals surface area (Å²) < 4.78 is 65.0. The molecule has 0 spiro atoms. The number of nitrogens with one attached hydrogen (secondary N) is 4. The second-order valence-corrected chi connectivity index (χ2v) is 15.0. The van der Waals surface area contributed by atoms with E-state index in [1.165, 1.54) is 60.7 Å². The van der Waals surface area contributed by atoms with Gasteiger partial charge in [-0.05, 0) is 96.4 Å². The van der Waals surface area contributed by atoms with Crippen LogP contribution in [0.2, 0.25) is 0 Å². The van der Waals surface area contributed by atoms with Crippen molar-refractivity contribution in [3.05, 3.63) is 119 Å². The Balaban J connectivity index is 1.12. The summed E-state index contributed by atoms with van der Waals surface area (Å²) >= 11 is 0. The first-order chi connectivity index (χ1) is 25.4. The van der Waals surface area contributed by atoms with Crippen LogP contribution in [0.1, 0.15) is 31.8 Å². The minimum Gasteiger partial charge on any atom is -0.507 e. The number of anilines is 4. The molecule has 0 fully saturated rings. The molecule has 4 amide bonds. The van der Waals surface area contributed by atoms with Gasteiger partial charge in [-0.25, -0.2) is 4.79 Å². The monoisotopic (exact) mass is 770 g/mol. The molecule has 6 aromatic carbocycles. The van der Waals surface area contributed by atoms with Gasteiger partial charge < -0.3 is 31.5 Å². The number of hydrogen-bond donors (Lipinski definition) is 8. The van der Waals surface area contributed by atoms with E-state index >= 15 is 0 Å². The van der Waals surface area contributed by atoms with Crippen molar-refractivity contribution in [3.8, 4) is 11.5 Å². The quantitative estimate of drug-likeness (QED) is 0.0760. The number of carbonyl (C=O) groups is 3. The molecule has 0 atom stereocenters. The predicted octanol–water partition coefficient (Wildman–Crippen LogP) is 6.66. The molecule has 15 nitrogen and oxygen atoms in total. The van der Waals surface area contributed by atoms with Gasteiger partial charge in [0.1, 0.15) is 11.5 Å². The van der Waals surface area contributed by atoms with Crippen LogP contribution in [-0.4, -0.2) is 54.0 Å². The second-order valence-electron chi connectivity index (χ2n) is 12.2. The van der Waals surface area contributed by atoms with E-state index in [1.54, 1.807) is 26.0 Å². The molecular weight excluding hydrogens is 741 g/mol. The van der Waals surface area contributed by atoms with Crippen LogP contribution >= 0.6 is 0 Å². The van der Waals surface area contributed by atoms with Crippen molar-refractivity contribution in [2.45, 2.75) is 23.6 Å². The maximum atomic E-state index is 13.2. The number of rotatable bonds is 8. The molecular formula is C37H30N4O11S2. The fourth-order valence-electron chi connectivity index (χ4n) is 5.82. The summed E-state index contributed by atoms with van der Waals surface area (Å²) in [6.07, 6.45) is 0. The number of phenols is 2. The van der Waals surface area contributed by atoms with Crippen LogP contribution in [0.5, 0.6) is 11.5 Å². The molecule has 0 saturated carbocycles. The number of benzene rings is 6. The largest absolute Gasteiger partial charge is 0.507 e. The smallest absolute Gasteiger partial charge is 0.323 e. The van der Waals surface area contributed by atoms with E-state index in [9.17, 15) is 50.5 Å². The van der Waals surface area contributed by atoms with E-state index < -0.39 is 59.4 Å². The highest BCUT2D eigenvalue weighted by Gasteiger charge is 2.19. The van der Waals surface area contributed by atoms with Crippen molar-refractivity contribution in [1.82, 2.24) is 0 Å². The fourth-order valence-corrected chi connectivity index (χ4v) is 6.89. The Morgan fingerprint density at radius 3 is 1.24 bits per heavy atom. The molecule has 6 rings (SSSR count). The lowest BCUT2D eigenvalue weighted by atomic mass is 10.1. The van der Waals surface area contributed by atoms with E-state index in [1.807, 2.05) is 0 Å². The van der Waals surface area contributed by atoms with Crippen molar-refractivity contribution in [3.63, 3.8) is 0 Å². The Morgan fingerprint density at radius 1 is 0.500 bits per heavy atom. The van der Waals surface area contributed by atoms with Crippen molar-refractivity contribution in [2.24, 2.45) is 0 Å². The van der Waals surface area contributed by atoms with E-state index in [2.05, 4.69) is 21.3 Å². The molecule has 54 heavy (non-hydrogen) atoms. The highest BCUT2D eigenvalue weighted by molar-refractivity contribution is 7.86. The van der Waals surface area contributed by atoms with Crippen LogP contribution in [0.4, 0.5) is 27.5 Å². The molecule has 0 aliphatic heterocycles. The summed E-state index contributed by atoms with van der Waals surface area (Å²) in [5, 5.41) is 32.7. The maximum Gasteiger partial charge on any atom is 0.323 e. The molecule has 17 heteroatoms. The maximum absolute atomic E-state index is 13.2. The molecule has 0 aliphatic carbocycles. The third-order valence-corrected chi connectivity index (χ3v) is 10.1. The molecule has 6 aromatic rings. The molecule has 276 valence electrons. The number of hydrogen-bond acceptors (Lipinski definition) is 9. The number of fused-ring (bicyclic) bond motifs is 2. The first kappa shape index (κ1) is 37.2. The molecule has 0 aliphatic rings. The summed E-state index contributed by atoms with van der Waals surface area (Å²) in [6.45, 7) is 3.35. The molecule has 0 bridgehead atoms. The minimum absolute atomic E-state index is 0.165. The Morgan fingerprint density at radius 2 is 0.889 bits per heavy atom. The highest BCUT2D eigenvalue weighted by atomic mass is 32.2. The van der Waals surface area contributed by atoms with Crippen molar-refractivity contribution < 1.29 is 50.5 Å². The number of carbonyl (C=O) groups excluding carboxylic acids is 3. The molecule has 0 aromatic heterocycles. The standard InChI is InChI=1S/C37H30N4O11S2/c1-19-13-23(35(44)38-29-7-3-5-21-15-25(53(47,48)49)17-31(42)33(21)29)9-11-27(19)40-37(46)41-28-12-10-24(14-20(28)2)36(45)39-30-8-4-6-22-16-26(54(50,51)52)18-32(43)34(22)30/h3-18,42-43H,1-2H3,(H,38,44)(H,39,45)(H2,40,41,46)(H,47,48,49)(H,50,51,52). The Labute approximate surface area is 307 Å². The van der Waals surface area contributed by atoms with Gasteiger partial charge in [0, 0.05) is 45.4 Å². The predicted molar refractivity (Wildman–Crippen MR) is 202 cm³/mol. The van der Waals surface area contributed by atoms with Crippen molar-refractivity contribution in [1.29, 1.82) is 0 Å². The van der Waals surface area contributed by atoms with Crippen LogP contribution in [0.3, 0.4) is 0 Å². The Kier molecular flexibility index (Phi) is 9.74. The number of phenolic OH excluding ortho intramolecular Hbond substituents is 2. The van der Waals surface area contributed by atoms with Gasteiger partial charge in [0.05, 0.1) is 21.2 Å². The SMILES string of the molecule is Cc1cc(C(=O)Nc2cccc3cc(S(=O)(=O)O)cc(O)c23)ccc1NC(=O)Nc1ccc(C(=O)Nc2cccc3cc(S(=O)(=O)O)cc(O)c23)cc1C. The summed E-state index contributed by atoms with van der Waals surface area (Å²) in [6, 6.07) is 21.7. The lowest BCUT2D eigenvalue weighted by Gasteiger charge is -2.15. The van der Waals surface area contributed by atoms with Crippen LogP contribution in [0.25, 0.3) is 21.5 Å². The molecule has 0 heterocycles. The average molecular weight is 771 g/mol. The van der Waals surface area contributed by atoms with Gasteiger partial charge in [-0.1, -0.05) is 24.3 Å². The number of aromatic hydroxyl groups is 2. The van der Waals surface area contributed by atoms with E-state index in [-0.39, 0.29) is 44.0 Å². The first-order valence-electron chi connectivity index (χ1n) is 15.8. The van der Waals surface area contributed by atoms with Gasteiger partial charge in [0.25, 0.3) is 32.1 Å². The average Bonchev–Trinajstić information content (AvgIpc) is 3.09. The van der Waals surface area contributed by atoms with Crippen LogP contribution in [-0.2, 0) is 20.2 Å². The summed E-state index contributed by atoms with van der Waals surface area (Å²) in [4.78, 5) is 38.3. The first-order valence-corrected chi connectivity index (χ1v) is 18.7. The normalized spacial score (nSPS) is 11.6. The molecule has 8 N–H and O–H groups in total. The van der Waals surface area contributed by atoms with Gasteiger partial charge in [-0.15, -0.1) is 0 Å². The minimum atomic E-state index is -4.58. The zero-order valence-electron chi connectivity index (χ0n) is 28.2.